The number of hydrogen-bond donors (Lipinski definition) is 3. The summed E-state index contributed by atoms with van der Waals surface area (Å²) in [4.78, 5) is 38.4. The van der Waals surface area contributed by atoms with Gasteiger partial charge in [-0.25, -0.2) is 4.79 Å². The zero-order valence-corrected chi connectivity index (χ0v) is 23.4. The Kier molecular flexibility index (Phi) is 11.6. The Balaban J connectivity index is 1.56. The lowest BCUT2D eigenvalue weighted by Gasteiger charge is -2.17. The average molecular weight is 544 g/mol. The van der Waals surface area contributed by atoms with Crippen molar-refractivity contribution in [2.75, 3.05) is 53.2 Å². The van der Waals surface area contributed by atoms with Gasteiger partial charge in [0, 0.05) is 13.1 Å². The summed E-state index contributed by atoms with van der Waals surface area (Å²) in [5.41, 5.74) is 7.45. The van der Waals surface area contributed by atoms with Gasteiger partial charge in [0.25, 0.3) is 0 Å². The number of aryl methyl sites for hydroxylation is 1. The lowest BCUT2D eigenvalue weighted by molar-refractivity contribution is -0.143. The van der Waals surface area contributed by atoms with E-state index in [0.717, 1.165) is 37.1 Å². The minimum atomic E-state index is -0.530. The van der Waals surface area contributed by atoms with Crippen molar-refractivity contribution in [2.24, 2.45) is 0 Å². The number of aromatic amines is 1. The summed E-state index contributed by atoms with van der Waals surface area (Å²) in [6.07, 6.45) is 3.81. The molecule has 3 aromatic rings. The molecule has 0 fully saturated rings. The van der Waals surface area contributed by atoms with Crippen molar-refractivity contribution < 1.29 is 19.0 Å². The number of hydrogen-bond acceptors (Lipinski definition) is 10. The number of fused-ring (bicyclic) bond motifs is 1. The van der Waals surface area contributed by atoms with Crippen LogP contribution < -0.4 is 26.2 Å². The Labute approximate surface area is 228 Å². The van der Waals surface area contributed by atoms with Gasteiger partial charge in [-0.3, -0.25) is 9.36 Å². The number of methoxy groups -OCH3 is 1. The number of nitrogens with two attached hydrogens (primary N) is 1. The molecule has 2 heterocycles. The van der Waals surface area contributed by atoms with E-state index in [1.165, 1.54) is 11.7 Å². The first kappa shape index (κ1) is 29.9. The molecule has 12 heteroatoms. The molecular weight excluding hydrogens is 502 g/mol. The molecule has 4 N–H and O–H groups in total. The fourth-order valence-corrected chi connectivity index (χ4v) is 4.03. The fraction of sp³-hybridized carbons (Fsp3) is 0.556. The number of imidazole rings is 1. The van der Waals surface area contributed by atoms with E-state index in [9.17, 15) is 9.59 Å². The van der Waals surface area contributed by atoms with Crippen molar-refractivity contribution in [1.82, 2.24) is 29.7 Å². The first-order valence-electron chi connectivity index (χ1n) is 13.4. The molecule has 0 amide bonds. The molecular formula is C27H41N7O5. The number of aromatic nitrogens is 4. The highest BCUT2D eigenvalue weighted by atomic mass is 16.5. The summed E-state index contributed by atoms with van der Waals surface area (Å²) in [6.45, 7) is 4.99. The molecule has 1 atom stereocenters. The van der Waals surface area contributed by atoms with Crippen LogP contribution in [0.5, 0.6) is 11.8 Å². The van der Waals surface area contributed by atoms with Gasteiger partial charge in [0.1, 0.15) is 17.3 Å². The monoisotopic (exact) mass is 543 g/mol. The number of nitrogens with one attached hydrogen (secondary N) is 2. The minimum Gasteiger partial charge on any atom is -0.494 e. The number of nitrogen functional groups attached to an aromatic ring is 1. The van der Waals surface area contributed by atoms with E-state index in [1.54, 1.807) is 0 Å². The zero-order chi connectivity index (χ0) is 28.2. The summed E-state index contributed by atoms with van der Waals surface area (Å²) in [6, 6.07) is 7.35. The van der Waals surface area contributed by atoms with Crippen LogP contribution in [0.3, 0.4) is 0 Å². The molecule has 0 saturated heterocycles. The highest BCUT2D eigenvalue weighted by molar-refractivity contribution is 5.81. The third-order valence-corrected chi connectivity index (χ3v) is 6.18. The first-order valence-corrected chi connectivity index (χ1v) is 13.4. The maximum absolute atomic E-state index is 12.6. The standard InChI is InChI=1S/C27H41N7O5/c1-5-6-16-39-26-31-23(28)22-24(32-26)34(27(36)30-22)15-7-13-29-21(25(35)37-4)18-19-9-11-20(12-10-19)38-17-8-14-33(2)3/h9-12,21,29H,5-8,13-18H2,1-4H3,(H,30,36)(H2,28,31,32)/t21-/m0/s1. The van der Waals surface area contributed by atoms with Crippen LogP contribution in [0.2, 0.25) is 0 Å². The van der Waals surface area contributed by atoms with Gasteiger partial charge in [-0.1, -0.05) is 25.5 Å². The third kappa shape index (κ3) is 8.96. The highest BCUT2D eigenvalue weighted by Crippen LogP contribution is 2.18. The van der Waals surface area contributed by atoms with Gasteiger partial charge in [0.2, 0.25) is 0 Å². The lowest BCUT2D eigenvalue weighted by Crippen LogP contribution is -2.40. The Morgan fingerprint density at radius 2 is 1.87 bits per heavy atom. The van der Waals surface area contributed by atoms with E-state index in [1.807, 2.05) is 38.4 Å². The predicted molar refractivity (Wildman–Crippen MR) is 150 cm³/mol. The Bertz CT molecular complexity index is 1240. The smallest absolute Gasteiger partial charge is 0.327 e. The van der Waals surface area contributed by atoms with Crippen LogP contribution in [-0.2, 0) is 22.5 Å². The lowest BCUT2D eigenvalue weighted by atomic mass is 10.1. The van der Waals surface area contributed by atoms with Crippen molar-refractivity contribution in [1.29, 1.82) is 0 Å². The number of H-pyrrole nitrogens is 1. The molecule has 0 aliphatic carbocycles. The largest absolute Gasteiger partial charge is 0.494 e. The molecule has 1 aromatic carbocycles. The topological polar surface area (TPSA) is 150 Å². The molecule has 0 saturated carbocycles. The number of anilines is 1. The molecule has 0 spiro atoms. The number of unbranched alkanes of at least 4 members (excludes halogenated alkanes) is 1. The number of rotatable bonds is 17. The van der Waals surface area contributed by atoms with Crippen molar-refractivity contribution in [3.05, 3.63) is 40.3 Å². The summed E-state index contributed by atoms with van der Waals surface area (Å²) in [5, 5.41) is 3.25. The molecule has 0 aliphatic rings. The Morgan fingerprint density at radius 3 is 2.56 bits per heavy atom. The third-order valence-electron chi connectivity index (χ3n) is 6.18. The van der Waals surface area contributed by atoms with E-state index < -0.39 is 6.04 Å². The van der Waals surface area contributed by atoms with Crippen molar-refractivity contribution >= 4 is 23.0 Å². The SMILES string of the molecule is CCCCOc1nc(N)c2[nH]c(=O)n(CCCN[C@@H](Cc3ccc(OCCCN(C)C)cc3)C(=O)OC)c2n1. The summed E-state index contributed by atoms with van der Waals surface area (Å²) < 4.78 is 17.9. The van der Waals surface area contributed by atoms with Gasteiger partial charge in [-0.15, -0.1) is 0 Å². The predicted octanol–water partition coefficient (Wildman–Crippen LogP) is 1.98. The van der Waals surface area contributed by atoms with Crippen molar-refractivity contribution in [3.63, 3.8) is 0 Å². The Hall–Kier alpha value is -3.64. The minimum absolute atomic E-state index is 0.148. The number of carbonyl (C=O) groups excluding carboxylic acids is 1. The second-order valence-electron chi connectivity index (χ2n) is 9.61. The molecule has 3 rings (SSSR count). The zero-order valence-electron chi connectivity index (χ0n) is 23.4. The van der Waals surface area contributed by atoms with Gasteiger partial charge < -0.3 is 35.1 Å². The van der Waals surface area contributed by atoms with Crippen LogP contribution in [0.4, 0.5) is 5.82 Å². The molecule has 0 aliphatic heterocycles. The van der Waals surface area contributed by atoms with Crippen LogP contribution in [0, 0.1) is 0 Å². The quantitative estimate of drug-likeness (QED) is 0.170. The number of benzene rings is 1. The van der Waals surface area contributed by atoms with Crippen LogP contribution in [0.1, 0.15) is 38.2 Å². The van der Waals surface area contributed by atoms with Crippen LogP contribution in [0.15, 0.2) is 29.1 Å². The second-order valence-corrected chi connectivity index (χ2v) is 9.61. The van der Waals surface area contributed by atoms with Gasteiger partial charge in [-0.05, 0) is 64.0 Å². The van der Waals surface area contributed by atoms with Crippen LogP contribution in [0.25, 0.3) is 11.2 Å². The van der Waals surface area contributed by atoms with Gasteiger partial charge >= 0.3 is 17.7 Å². The molecule has 214 valence electrons. The highest BCUT2D eigenvalue weighted by Gasteiger charge is 2.20. The summed E-state index contributed by atoms with van der Waals surface area (Å²) in [7, 11) is 5.44. The molecule has 2 aromatic heterocycles. The number of esters is 1. The molecule has 0 radical (unpaired) electrons. The second kappa shape index (κ2) is 15.1. The number of nitrogens with zero attached hydrogens (tertiary/aromatic N) is 4. The van der Waals surface area contributed by atoms with E-state index >= 15 is 0 Å². The normalized spacial score (nSPS) is 12.1. The van der Waals surface area contributed by atoms with Gasteiger partial charge in [0.15, 0.2) is 11.5 Å². The summed E-state index contributed by atoms with van der Waals surface area (Å²) in [5.74, 6) is 0.612. The maximum atomic E-state index is 12.6. The van der Waals surface area contributed by atoms with Crippen LogP contribution in [-0.4, -0.2) is 83.9 Å². The molecule has 0 bridgehead atoms. The molecule has 0 unspecified atom stereocenters. The maximum Gasteiger partial charge on any atom is 0.327 e. The van der Waals surface area contributed by atoms with Crippen molar-refractivity contribution in [3.8, 4) is 11.8 Å². The fourth-order valence-electron chi connectivity index (χ4n) is 4.03. The van der Waals surface area contributed by atoms with Crippen molar-refractivity contribution in [2.45, 2.75) is 51.6 Å². The van der Waals surface area contributed by atoms with E-state index in [4.69, 9.17) is 19.9 Å². The van der Waals surface area contributed by atoms with Gasteiger partial charge in [-0.2, -0.15) is 9.97 Å². The average Bonchev–Trinajstić information content (AvgIpc) is 3.24. The molecule has 12 nitrogen and oxygen atoms in total. The summed E-state index contributed by atoms with van der Waals surface area (Å²) >= 11 is 0. The number of carbonyl (C=O) groups is 1. The van der Waals surface area contributed by atoms with E-state index in [2.05, 4.69) is 32.1 Å². The van der Waals surface area contributed by atoms with Crippen LogP contribution >= 0.6 is 0 Å². The first-order chi connectivity index (χ1) is 18.8. The Morgan fingerprint density at radius 1 is 1.13 bits per heavy atom. The van der Waals surface area contributed by atoms with Gasteiger partial charge in [0.05, 0.1) is 20.3 Å². The number of ether oxygens (including phenoxy) is 3. The molecule has 39 heavy (non-hydrogen) atoms. The van der Waals surface area contributed by atoms with E-state index in [-0.39, 0.29) is 23.5 Å². The van der Waals surface area contributed by atoms with E-state index in [0.29, 0.717) is 50.3 Å².